The van der Waals surface area contributed by atoms with Gasteiger partial charge >= 0.3 is 5.97 Å². The summed E-state index contributed by atoms with van der Waals surface area (Å²) >= 11 is 4.53. The molecule has 0 saturated carbocycles. The Kier molecular flexibility index (Phi) is 7.25. The van der Waals surface area contributed by atoms with E-state index in [-0.39, 0.29) is 17.6 Å². The number of amides is 1. The first-order valence-electron chi connectivity index (χ1n) is 11.0. The van der Waals surface area contributed by atoms with Crippen LogP contribution in [0.3, 0.4) is 0 Å². The van der Waals surface area contributed by atoms with Crippen molar-refractivity contribution in [3.8, 4) is 11.4 Å². The number of carbonyl (C=O) groups is 2. The van der Waals surface area contributed by atoms with Gasteiger partial charge in [-0.2, -0.15) is 0 Å². The van der Waals surface area contributed by atoms with E-state index in [1.165, 1.54) is 38.4 Å². The SMILES string of the molecule is CCOC(=O)c1c(NC(=O)CSc2nnc(-c3csc(C)c3C)n2C)sc2c1CCC(C)C2. The van der Waals surface area contributed by atoms with E-state index in [4.69, 9.17) is 4.74 Å². The van der Waals surface area contributed by atoms with Gasteiger partial charge in [0.1, 0.15) is 5.00 Å². The van der Waals surface area contributed by atoms with Crippen molar-refractivity contribution >= 4 is 51.3 Å². The number of anilines is 1. The monoisotopic (exact) mass is 504 g/mol. The molecular weight excluding hydrogens is 476 g/mol. The molecule has 0 fully saturated rings. The summed E-state index contributed by atoms with van der Waals surface area (Å²) in [6, 6.07) is 0. The number of hydrogen-bond acceptors (Lipinski definition) is 8. The van der Waals surface area contributed by atoms with Crippen molar-refractivity contribution in [2.45, 2.75) is 52.1 Å². The van der Waals surface area contributed by atoms with E-state index in [0.29, 0.717) is 28.2 Å². The van der Waals surface area contributed by atoms with Crippen LogP contribution in [0.25, 0.3) is 11.4 Å². The molecule has 1 amide bonds. The molecule has 7 nitrogen and oxygen atoms in total. The van der Waals surface area contributed by atoms with Crippen LogP contribution in [-0.2, 0) is 29.4 Å². The minimum Gasteiger partial charge on any atom is -0.462 e. The molecule has 0 spiro atoms. The normalized spacial score (nSPS) is 15.4. The smallest absolute Gasteiger partial charge is 0.341 e. The number of fused-ring (bicyclic) bond motifs is 1. The topological polar surface area (TPSA) is 86.1 Å². The molecule has 1 unspecified atom stereocenters. The van der Waals surface area contributed by atoms with Crippen molar-refractivity contribution in [2.24, 2.45) is 13.0 Å². The predicted molar refractivity (Wildman–Crippen MR) is 135 cm³/mol. The Hall–Kier alpha value is -2.17. The Morgan fingerprint density at radius 1 is 1.33 bits per heavy atom. The van der Waals surface area contributed by atoms with Gasteiger partial charge in [0, 0.05) is 27.7 Å². The van der Waals surface area contributed by atoms with Gasteiger partial charge in [0.2, 0.25) is 5.91 Å². The number of esters is 1. The molecule has 176 valence electrons. The third kappa shape index (κ3) is 4.88. The standard InChI is InChI=1S/C23H28N4O3S3/c1-6-30-22(29)19-15-8-7-12(2)9-17(15)33-21(19)24-18(28)11-32-23-26-25-20(27(23)5)16-10-31-14(4)13(16)3/h10,12H,6-9,11H2,1-5H3,(H,24,28). The molecule has 1 aliphatic carbocycles. The van der Waals surface area contributed by atoms with E-state index in [9.17, 15) is 9.59 Å². The second-order valence-corrected chi connectivity index (χ2v) is 11.4. The van der Waals surface area contributed by atoms with Gasteiger partial charge < -0.3 is 14.6 Å². The molecular formula is C23H28N4O3S3. The van der Waals surface area contributed by atoms with Gasteiger partial charge in [0.05, 0.1) is 17.9 Å². The second-order valence-electron chi connectivity index (χ2n) is 8.31. The highest BCUT2D eigenvalue weighted by molar-refractivity contribution is 7.99. The summed E-state index contributed by atoms with van der Waals surface area (Å²) in [5, 5.41) is 14.9. The van der Waals surface area contributed by atoms with Crippen LogP contribution in [-0.4, -0.2) is 39.0 Å². The summed E-state index contributed by atoms with van der Waals surface area (Å²) in [6.45, 7) is 8.49. The molecule has 1 aliphatic rings. The summed E-state index contributed by atoms with van der Waals surface area (Å²) in [5.41, 5.74) is 3.85. The van der Waals surface area contributed by atoms with Crippen LogP contribution >= 0.6 is 34.4 Å². The summed E-state index contributed by atoms with van der Waals surface area (Å²) < 4.78 is 7.21. The van der Waals surface area contributed by atoms with Crippen LogP contribution in [0.15, 0.2) is 10.5 Å². The minimum absolute atomic E-state index is 0.175. The molecule has 0 radical (unpaired) electrons. The van der Waals surface area contributed by atoms with Gasteiger partial charge in [-0.25, -0.2) is 4.79 Å². The molecule has 0 saturated heterocycles. The molecule has 0 aliphatic heterocycles. The van der Waals surface area contributed by atoms with Gasteiger partial charge in [-0.3, -0.25) is 4.79 Å². The van der Waals surface area contributed by atoms with Crippen LogP contribution in [0.5, 0.6) is 0 Å². The third-order valence-electron chi connectivity index (χ3n) is 5.94. The average molecular weight is 505 g/mol. The van der Waals surface area contributed by atoms with Gasteiger partial charge in [0.15, 0.2) is 11.0 Å². The zero-order valence-electron chi connectivity index (χ0n) is 19.5. The highest BCUT2D eigenvalue weighted by Gasteiger charge is 2.29. The zero-order chi connectivity index (χ0) is 23.7. The number of thiophene rings is 2. The van der Waals surface area contributed by atoms with E-state index < -0.39 is 0 Å². The first-order valence-corrected chi connectivity index (χ1v) is 13.7. The van der Waals surface area contributed by atoms with E-state index in [2.05, 4.69) is 41.7 Å². The van der Waals surface area contributed by atoms with Crippen LogP contribution < -0.4 is 5.32 Å². The number of carbonyl (C=O) groups excluding carboxylic acids is 2. The van der Waals surface area contributed by atoms with Crippen molar-refractivity contribution in [2.75, 3.05) is 17.7 Å². The van der Waals surface area contributed by atoms with E-state index in [1.54, 1.807) is 18.3 Å². The highest BCUT2D eigenvalue weighted by atomic mass is 32.2. The van der Waals surface area contributed by atoms with Gasteiger partial charge in [-0.1, -0.05) is 18.7 Å². The Labute approximate surface area is 206 Å². The van der Waals surface area contributed by atoms with Crippen molar-refractivity contribution in [3.63, 3.8) is 0 Å². The molecule has 33 heavy (non-hydrogen) atoms. The number of aromatic nitrogens is 3. The zero-order valence-corrected chi connectivity index (χ0v) is 21.9. The summed E-state index contributed by atoms with van der Waals surface area (Å²) in [5.74, 6) is 1.01. The lowest BCUT2D eigenvalue weighted by molar-refractivity contribution is -0.113. The summed E-state index contributed by atoms with van der Waals surface area (Å²) in [4.78, 5) is 27.9. The molecule has 0 bridgehead atoms. The molecule has 4 rings (SSSR count). The van der Waals surface area contributed by atoms with Crippen molar-refractivity contribution < 1.29 is 14.3 Å². The first kappa shape index (κ1) is 24.0. The van der Waals surface area contributed by atoms with Gasteiger partial charge in [0.25, 0.3) is 0 Å². The van der Waals surface area contributed by atoms with Crippen molar-refractivity contribution in [1.82, 2.24) is 14.8 Å². The molecule has 1 N–H and O–H groups in total. The van der Waals surface area contributed by atoms with Crippen LogP contribution in [0.4, 0.5) is 5.00 Å². The summed E-state index contributed by atoms with van der Waals surface area (Å²) in [7, 11) is 1.91. The number of thioether (sulfide) groups is 1. The minimum atomic E-state index is -0.355. The van der Waals surface area contributed by atoms with E-state index >= 15 is 0 Å². The molecule has 0 aromatic carbocycles. The number of nitrogens with zero attached hydrogens (tertiary/aromatic N) is 3. The lowest BCUT2D eigenvalue weighted by Gasteiger charge is -2.18. The largest absolute Gasteiger partial charge is 0.462 e. The maximum absolute atomic E-state index is 12.8. The van der Waals surface area contributed by atoms with Gasteiger partial charge in [-0.15, -0.1) is 32.9 Å². The number of aryl methyl sites for hydroxylation is 1. The fraction of sp³-hybridized carbons (Fsp3) is 0.478. The van der Waals surface area contributed by atoms with Crippen LogP contribution in [0, 0.1) is 19.8 Å². The number of nitrogens with one attached hydrogen (secondary N) is 1. The summed E-state index contributed by atoms with van der Waals surface area (Å²) in [6.07, 6.45) is 2.81. The number of rotatable bonds is 7. The van der Waals surface area contributed by atoms with E-state index in [1.807, 2.05) is 11.6 Å². The molecule has 1 atom stereocenters. The maximum atomic E-state index is 12.8. The number of hydrogen-bond donors (Lipinski definition) is 1. The van der Waals surface area contributed by atoms with Crippen molar-refractivity contribution in [3.05, 3.63) is 31.8 Å². The highest BCUT2D eigenvalue weighted by Crippen LogP contribution is 2.40. The van der Waals surface area contributed by atoms with Crippen LogP contribution in [0.2, 0.25) is 0 Å². The average Bonchev–Trinajstić information content (AvgIpc) is 3.41. The first-order chi connectivity index (χ1) is 15.8. The molecule has 10 heteroatoms. The fourth-order valence-electron chi connectivity index (χ4n) is 3.96. The lowest BCUT2D eigenvalue weighted by atomic mass is 9.88. The maximum Gasteiger partial charge on any atom is 0.341 e. The Balaban J connectivity index is 1.48. The fourth-order valence-corrected chi connectivity index (χ4v) is 6.95. The number of ether oxygens (including phenoxy) is 1. The lowest BCUT2D eigenvalue weighted by Crippen LogP contribution is -2.18. The third-order valence-corrected chi connectivity index (χ3v) is 9.14. The quantitative estimate of drug-likeness (QED) is 0.349. The predicted octanol–water partition coefficient (Wildman–Crippen LogP) is 5.25. The van der Waals surface area contributed by atoms with Gasteiger partial charge in [-0.05, 0) is 57.1 Å². The Bertz CT molecular complexity index is 1190. The van der Waals surface area contributed by atoms with E-state index in [0.717, 1.165) is 36.2 Å². The Morgan fingerprint density at radius 3 is 2.82 bits per heavy atom. The molecule has 3 aromatic rings. The second kappa shape index (κ2) is 9.99. The van der Waals surface area contributed by atoms with Crippen molar-refractivity contribution in [1.29, 1.82) is 0 Å². The van der Waals surface area contributed by atoms with Crippen LogP contribution in [0.1, 0.15) is 51.5 Å². The Morgan fingerprint density at radius 2 is 2.12 bits per heavy atom. The molecule has 3 heterocycles. The molecule has 3 aromatic heterocycles.